The van der Waals surface area contributed by atoms with Crippen molar-refractivity contribution in [2.24, 2.45) is 0 Å². The Morgan fingerprint density at radius 2 is 1.64 bits per heavy atom. The maximum Gasteiger partial charge on any atom is 0.232 e. The minimum Gasteiger partial charge on any atom is -0.339 e. The Labute approximate surface area is 166 Å². The first-order valence-electron chi connectivity index (χ1n) is 9.67. The van der Waals surface area contributed by atoms with Crippen LogP contribution in [0, 0.1) is 0 Å². The van der Waals surface area contributed by atoms with E-state index in [1.54, 1.807) is 28.3 Å². The average molecular weight is 381 g/mol. The molecule has 1 saturated heterocycles. The highest BCUT2D eigenvalue weighted by molar-refractivity contribution is 5.97. The highest BCUT2D eigenvalue weighted by Gasteiger charge is 2.26. The molecule has 0 atom stereocenters. The summed E-state index contributed by atoms with van der Waals surface area (Å²) in [6.07, 6.45) is 3.34. The van der Waals surface area contributed by atoms with E-state index in [4.69, 9.17) is 0 Å². The van der Waals surface area contributed by atoms with E-state index in [0.29, 0.717) is 38.7 Å². The second kappa shape index (κ2) is 9.30. The minimum atomic E-state index is -0.127. The summed E-state index contributed by atoms with van der Waals surface area (Å²) < 4.78 is 0. The lowest BCUT2D eigenvalue weighted by molar-refractivity contribution is -0.142. The van der Waals surface area contributed by atoms with Crippen LogP contribution in [0.4, 0.5) is 5.95 Å². The van der Waals surface area contributed by atoms with E-state index in [2.05, 4.69) is 14.9 Å². The minimum absolute atomic E-state index is 0.0348. The van der Waals surface area contributed by atoms with Gasteiger partial charge in [-0.25, -0.2) is 9.97 Å². The first-order valence-corrected chi connectivity index (χ1v) is 9.67. The van der Waals surface area contributed by atoms with Crippen molar-refractivity contribution < 1.29 is 9.59 Å². The number of hydrogen-bond donors (Lipinski definition) is 0. The van der Waals surface area contributed by atoms with Gasteiger partial charge in [0.05, 0.1) is 0 Å². The van der Waals surface area contributed by atoms with Gasteiger partial charge in [-0.2, -0.15) is 0 Å². The molecule has 1 aromatic carbocycles. The van der Waals surface area contributed by atoms with Crippen molar-refractivity contribution in [3.63, 3.8) is 0 Å². The molecule has 2 amide bonds. The predicted octanol–water partition coefficient (Wildman–Crippen LogP) is 1.95. The maximum absolute atomic E-state index is 12.8. The monoisotopic (exact) mass is 381 g/mol. The van der Waals surface area contributed by atoms with E-state index in [1.165, 1.54) is 0 Å². The fourth-order valence-corrected chi connectivity index (χ4v) is 3.29. The molecule has 7 heteroatoms. The van der Waals surface area contributed by atoms with Gasteiger partial charge in [0.15, 0.2) is 0 Å². The summed E-state index contributed by atoms with van der Waals surface area (Å²) in [5.74, 6) is 0.439. The van der Waals surface area contributed by atoms with Crippen LogP contribution >= 0.6 is 0 Å². The van der Waals surface area contributed by atoms with Crippen LogP contribution < -0.4 is 4.90 Å². The number of benzene rings is 1. The van der Waals surface area contributed by atoms with Crippen LogP contribution in [0.25, 0.3) is 0 Å². The van der Waals surface area contributed by atoms with Crippen molar-refractivity contribution in [1.82, 2.24) is 19.8 Å². The van der Waals surface area contributed by atoms with Crippen molar-refractivity contribution in [3.8, 4) is 0 Å². The van der Waals surface area contributed by atoms with E-state index in [9.17, 15) is 9.59 Å². The summed E-state index contributed by atoms with van der Waals surface area (Å²) >= 11 is 0. The third-order valence-corrected chi connectivity index (χ3v) is 4.91. The third-order valence-electron chi connectivity index (χ3n) is 4.91. The zero-order chi connectivity index (χ0) is 19.9. The Kier molecular flexibility index (Phi) is 6.57. The second-order valence-electron chi connectivity index (χ2n) is 7.19. The number of nitrogens with zero attached hydrogens (tertiary/aromatic N) is 5. The van der Waals surface area contributed by atoms with Gasteiger partial charge in [-0.3, -0.25) is 9.59 Å². The molecule has 1 aliphatic rings. The summed E-state index contributed by atoms with van der Waals surface area (Å²) in [5.41, 5.74) is 1.06. The molecule has 0 aliphatic carbocycles. The predicted molar refractivity (Wildman–Crippen MR) is 108 cm³/mol. The molecule has 0 bridgehead atoms. The van der Waals surface area contributed by atoms with Gasteiger partial charge in [-0.1, -0.05) is 30.3 Å². The van der Waals surface area contributed by atoms with Gasteiger partial charge in [-0.05, 0) is 25.5 Å². The topological polar surface area (TPSA) is 69.6 Å². The van der Waals surface area contributed by atoms with E-state index >= 15 is 0 Å². The van der Waals surface area contributed by atoms with E-state index in [-0.39, 0.29) is 24.3 Å². The summed E-state index contributed by atoms with van der Waals surface area (Å²) in [7, 11) is 0. The van der Waals surface area contributed by atoms with Crippen molar-refractivity contribution in [1.29, 1.82) is 0 Å². The number of carbonyl (C=O) groups is 2. The fraction of sp³-hybridized carbons (Fsp3) is 0.429. The quantitative estimate of drug-likeness (QED) is 0.716. The lowest BCUT2D eigenvalue weighted by Crippen LogP contribution is -2.50. The molecule has 0 unspecified atom stereocenters. The molecular formula is C21H27N5O2. The fourth-order valence-electron chi connectivity index (χ4n) is 3.29. The number of amides is 2. The van der Waals surface area contributed by atoms with Crippen molar-refractivity contribution >= 4 is 17.8 Å². The van der Waals surface area contributed by atoms with Crippen LogP contribution in [0.1, 0.15) is 25.8 Å². The van der Waals surface area contributed by atoms with Crippen LogP contribution in [-0.2, 0) is 16.1 Å². The molecule has 28 heavy (non-hydrogen) atoms. The van der Waals surface area contributed by atoms with Crippen molar-refractivity contribution in [3.05, 3.63) is 54.4 Å². The average Bonchev–Trinajstić information content (AvgIpc) is 2.73. The number of rotatable bonds is 6. The van der Waals surface area contributed by atoms with Gasteiger partial charge in [0.1, 0.15) is 6.42 Å². The molecule has 2 heterocycles. The molecule has 0 spiro atoms. The highest BCUT2D eigenvalue weighted by Crippen LogP contribution is 2.13. The standard InChI is InChI=1S/C21H27N5O2/c1-17(2)26(16-18-7-4-3-5-8-18)20(28)15-19(27)24-11-13-25(14-12-24)21-22-9-6-10-23-21/h3-10,17H,11-16H2,1-2H3. The molecule has 148 valence electrons. The Morgan fingerprint density at radius 1 is 1.00 bits per heavy atom. The summed E-state index contributed by atoms with van der Waals surface area (Å²) in [6, 6.07) is 11.7. The molecule has 0 radical (unpaired) electrons. The zero-order valence-corrected chi connectivity index (χ0v) is 16.5. The number of piperazine rings is 1. The molecule has 1 aliphatic heterocycles. The normalized spacial score (nSPS) is 14.2. The van der Waals surface area contributed by atoms with Gasteiger partial charge in [-0.15, -0.1) is 0 Å². The van der Waals surface area contributed by atoms with E-state index < -0.39 is 0 Å². The molecule has 0 N–H and O–H groups in total. The van der Waals surface area contributed by atoms with Crippen LogP contribution in [0.5, 0.6) is 0 Å². The Morgan fingerprint density at radius 3 is 2.25 bits per heavy atom. The molecular weight excluding hydrogens is 354 g/mol. The zero-order valence-electron chi connectivity index (χ0n) is 16.5. The Bertz CT molecular complexity index is 774. The highest BCUT2D eigenvalue weighted by atomic mass is 16.2. The van der Waals surface area contributed by atoms with Crippen molar-refractivity contribution in [2.75, 3.05) is 31.1 Å². The van der Waals surface area contributed by atoms with Crippen molar-refractivity contribution in [2.45, 2.75) is 32.9 Å². The Balaban J connectivity index is 1.54. The third kappa shape index (κ3) is 5.06. The Hall–Kier alpha value is -2.96. The van der Waals surface area contributed by atoms with Crippen LogP contribution in [0.2, 0.25) is 0 Å². The first kappa shape index (κ1) is 19.8. The lowest BCUT2D eigenvalue weighted by Gasteiger charge is -2.35. The van der Waals surface area contributed by atoms with Crippen LogP contribution in [0.15, 0.2) is 48.8 Å². The van der Waals surface area contributed by atoms with Gasteiger partial charge in [0.25, 0.3) is 0 Å². The largest absolute Gasteiger partial charge is 0.339 e. The van der Waals surface area contributed by atoms with E-state index in [0.717, 1.165) is 5.56 Å². The maximum atomic E-state index is 12.8. The summed E-state index contributed by atoms with van der Waals surface area (Å²) in [4.78, 5) is 39.5. The molecule has 7 nitrogen and oxygen atoms in total. The number of anilines is 1. The number of hydrogen-bond acceptors (Lipinski definition) is 5. The second-order valence-corrected chi connectivity index (χ2v) is 7.19. The van der Waals surface area contributed by atoms with E-state index in [1.807, 2.05) is 44.2 Å². The molecule has 2 aromatic rings. The smallest absolute Gasteiger partial charge is 0.232 e. The molecule has 1 aromatic heterocycles. The molecule has 0 saturated carbocycles. The SMILES string of the molecule is CC(C)N(Cc1ccccc1)C(=O)CC(=O)N1CCN(c2ncccn2)CC1. The molecule has 3 rings (SSSR count). The summed E-state index contributed by atoms with van der Waals surface area (Å²) in [5, 5.41) is 0. The van der Waals surface area contributed by atoms with Gasteiger partial charge < -0.3 is 14.7 Å². The van der Waals surface area contributed by atoms with Gasteiger partial charge in [0, 0.05) is 51.2 Å². The van der Waals surface area contributed by atoms with Crippen LogP contribution in [0.3, 0.4) is 0 Å². The number of carbonyl (C=O) groups excluding carboxylic acids is 2. The summed E-state index contributed by atoms with van der Waals surface area (Å²) in [6.45, 7) is 6.96. The van der Waals surface area contributed by atoms with Crippen LogP contribution in [-0.4, -0.2) is 63.8 Å². The number of aromatic nitrogens is 2. The molecule has 1 fully saturated rings. The lowest BCUT2D eigenvalue weighted by atomic mass is 10.1. The van der Waals surface area contributed by atoms with Gasteiger partial charge in [0.2, 0.25) is 17.8 Å². The van der Waals surface area contributed by atoms with Gasteiger partial charge >= 0.3 is 0 Å². The first-order chi connectivity index (χ1) is 13.5.